The normalized spacial score (nSPS) is 21.8. The van der Waals surface area contributed by atoms with Crippen molar-refractivity contribution in [2.24, 2.45) is 7.05 Å². The molecule has 0 aromatic carbocycles. The second-order valence-electron chi connectivity index (χ2n) is 5.88. The van der Waals surface area contributed by atoms with E-state index in [-0.39, 0.29) is 11.5 Å². The van der Waals surface area contributed by atoms with E-state index in [0.717, 1.165) is 25.9 Å². The van der Waals surface area contributed by atoms with Gasteiger partial charge in [0.05, 0.1) is 29.5 Å². The fraction of sp³-hybridized carbons (Fsp3) is 0.714. The lowest BCUT2D eigenvalue weighted by Crippen LogP contribution is -2.57. The Morgan fingerprint density at radius 1 is 1.43 bits per heavy atom. The molecule has 116 valence electrons. The van der Waals surface area contributed by atoms with Crippen LogP contribution in [0.1, 0.15) is 29.0 Å². The number of carbonyl (C=O) groups excluding carboxylic acids is 1. The maximum atomic E-state index is 12.8. The summed E-state index contributed by atoms with van der Waals surface area (Å²) in [5.41, 5.74) is 0.965. The monoisotopic (exact) mass is 312 g/mol. The summed E-state index contributed by atoms with van der Waals surface area (Å²) in [7, 11) is 1.76. The van der Waals surface area contributed by atoms with Crippen LogP contribution in [0, 0.1) is 6.92 Å². The fourth-order valence-electron chi connectivity index (χ4n) is 3.22. The number of nitrogens with zero attached hydrogens (tertiary/aromatic N) is 3. The molecule has 1 amide bonds. The number of carbonyl (C=O) groups is 1. The number of aromatic nitrogens is 2. The highest BCUT2D eigenvalue weighted by Gasteiger charge is 2.40. The summed E-state index contributed by atoms with van der Waals surface area (Å²) >= 11 is 6.23. The Morgan fingerprint density at radius 3 is 2.76 bits per heavy atom. The van der Waals surface area contributed by atoms with Gasteiger partial charge in [-0.15, -0.1) is 0 Å². The maximum Gasteiger partial charge on any atom is 0.273 e. The molecule has 1 N–H and O–H groups in total. The smallest absolute Gasteiger partial charge is 0.273 e. The highest BCUT2D eigenvalue weighted by molar-refractivity contribution is 6.34. The Kier molecular flexibility index (Phi) is 3.94. The van der Waals surface area contributed by atoms with Crippen molar-refractivity contribution in [1.82, 2.24) is 20.0 Å². The van der Waals surface area contributed by atoms with Gasteiger partial charge in [0.1, 0.15) is 5.69 Å². The summed E-state index contributed by atoms with van der Waals surface area (Å²) in [4.78, 5) is 14.6. The fourth-order valence-corrected chi connectivity index (χ4v) is 3.46. The molecule has 3 rings (SSSR count). The summed E-state index contributed by atoms with van der Waals surface area (Å²) in [6, 6.07) is 0. The van der Waals surface area contributed by atoms with Gasteiger partial charge in [0.15, 0.2) is 0 Å². The van der Waals surface area contributed by atoms with E-state index in [0.29, 0.717) is 36.1 Å². The molecule has 2 aliphatic heterocycles. The minimum Gasteiger partial charge on any atom is -0.371 e. The Balaban J connectivity index is 1.81. The van der Waals surface area contributed by atoms with Gasteiger partial charge in [-0.2, -0.15) is 5.10 Å². The van der Waals surface area contributed by atoms with Crippen LogP contribution in [0.25, 0.3) is 0 Å². The van der Waals surface area contributed by atoms with Crippen LogP contribution >= 0.6 is 11.6 Å². The van der Waals surface area contributed by atoms with Gasteiger partial charge < -0.3 is 15.0 Å². The van der Waals surface area contributed by atoms with Crippen molar-refractivity contribution in [2.75, 3.05) is 32.8 Å². The molecular weight excluding hydrogens is 292 g/mol. The van der Waals surface area contributed by atoms with Gasteiger partial charge in [0, 0.05) is 13.6 Å². The molecule has 0 atom stereocenters. The molecule has 21 heavy (non-hydrogen) atoms. The van der Waals surface area contributed by atoms with Crippen LogP contribution in [-0.2, 0) is 11.8 Å². The minimum atomic E-state index is -0.195. The molecule has 0 aliphatic carbocycles. The van der Waals surface area contributed by atoms with Gasteiger partial charge in [-0.05, 0) is 32.9 Å². The highest BCUT2D eigenvalue weighted by atomic mass is 35.5. The van der Waals surface area contributed by atoms with Crippen molar-refractivity contribution in [3.63, 3.8) is 0 Å². The highest BCUT2D eigenvalue weighted by Crippen LogP contribution is 2.29. The number of piperidine rings is 1. The number of amides is 1. The van der Waals surface area contributed by atoms with Crippen molar-refractivity contribution < 1.29 is 9.53 Å². The van der Waals surface area contributed by atoms with Gasteiger partial charge in [-0.1, -0.05) is 11.6 Å². The summed E-state index contributed by atoms with van der Waals surface area (Å²) < 4.78 is 7.57. The molecule has 0 unspecified atom stereocenters. The van der Waals surface area contributed by atoms with Crippen molar-refractivity contribution in [1.29, 1.82) is 0 Å². The van der Waals surface area contributed by atoms with Crippen LogP contribution in [0.15, 0.2) is 0 Å². The Labute approximate surface area is 129 Å². The van der Waals surface area contributed by atoms with Crippen LogP contribution in [0.4, 0.5) is 0 Å². The summed E-state index contributed by atoms with van der Waals surface area (Å²) in [5.74, 6) is -0.0516. The van der Waals surface area contributed by atoms with Crippen molar-refractivity contribution in [3.8, 4) is 0 Å². The zero-order valence-electron chi connectivity index (χ0n) is 12.5. The molecule has 1 aromatic rings. The number of hydrogen-bond acceptors (Lipinski definition) is 4. The number of aryl methyl sites for hydroxylation is 2. The molecule has 2 aliphatic rings. The van der Waals surface area contributed by atoms with Gasteiger partial charge in [-0.25, -0.2) is 0 Å². The molecule has 0 radical (unpaired) electrons. The zero-order chi connectivity index (χ0) is 15.0. The van der Waals surface area contributed by atoms with Crippen LogP contribution in [0.3, 0.4) is 0 Å². The molecule has 0 bridgehead atoms. The first-order valence-corrected chi connectivity index (χ1v) is 7.73. The van der Waals surface area contributed by atoms with E-state index in [9.17, 15) is 4.79 Å². The summed E-state index contributed by atoms with van der Waals surface area (Å²) in [6.07, 6.45) is 1.88. The number of rotatable bonds is 1. The predicted octanol–water partition coefficient (Wildman–Crippen LogP) is 0.977. The SMILES string of the molecule is Cc1nn(C)c(C(=O)N2CCOC3(CCNCC3)C2)c1Cl. The van der Waals surface area contributed by atoms with Gasteiger partial charge in [0.25, 0.3) is 5.91 Å². The molecule has 3 heterocycles. The molecule has 2 saturated heterocycles. The molecular formula is C14H21ClN4O2. The van der Waals surface area contributed by atoms with Crippen LogP contribution in [0.5, 0.6) is 0 Å². The third-order valence-electron chi connectivity index (χ3n) is 4.40. The van der Waals surface area contributed by atoms with E-state index >= 15 is 0 Å². The Bertz CT molecular complexity index is 546. The van der Waals surface area contributed by atoms with E-state index in [2.05, 4.69) is 10.4 Å². The van der Waals surface area contributed by atoms with E-state index in [1.165, 1.54) is 0 Å². The molecule has 1 spiro atoms. The first kappa shape index (κ1) is 14.8. The maximum absolute atomic E-state index is 12.8. The molecule has 2 fully saturated rings. The third-order valence-corrected chi connectivity index (χ3v) is 4.85. The van der Waals surface area contributed by atoms with Gasteiger partial charge in [0.2, 0.25) is 0 Å². The zero-order valence-corrected chi connectivity index (χ0v) is 13.2. The first-order chi connectivity index (χ1) is 10.0. The quantitative estimate of drug-likeness (QED) is 0.840. The molecule has 6 nitrogen and oxygen atoms in total. The second kappa shape index (κ2) is 5.59. The van der Waals surface area contributed by atoms with E-state index < -0.39 is 0 Å². The largest absolute Gasteiger partial charge is 0.371 e. The number of morpholine rings is 1. The van der Waals surface area contributed by atoms with E-state index in [1.54, 1.807) is 11.7 Å². The first-order valence-electron chi connectivity index (χ1n) is 7.35. The van der Waals surface area contributed by atoms with Crippen molar-refractivity contribution in [2.45, 2.75) is 25.4 Å². The Hall–Kier alpha value is -1.11. The predicted molar refractivity (Wildman–Crippen MR) is 79.6 cm³/mol. The van der Waals surface area contributed by atoms with E-state index in [1.807, 2.05) is 11.8 Å². The average molecular weight is 313 g/mol. The van der Waals surface area contributed by atoms with E-state index in [4.69, 9.17) is 16.3 Å². The lowest BCUT2D eigenvalue weighted by molar-refractivity contribution is -0.114. The topological polar surface area (TPSA) is 59.4 Å². The average Bonchev–Trinajstić information content (AvgIpc) is 2.72. The summed E-state index contributed by atoms with van der Waals surface area (Å²) in [5, 5.41) is 8.01. The Morgan fingerprint density at radius 2 is 2.14 bits per heavy atom. The van der Waals surface area contributed by atoms with Gasteiger partial charge in [-0.3, -0.25) is 9.48 Å². The minimum absolute atomic E-state index is 0.0516. The lowest BCUT2D eigenvalue weighted by Gasteiger charge is -2.45. The lowest BCUT2D eigenvalue weighted by atomic mass is 9.90. The number of halogens is 1. The van der Waals surface area contributed by atoms with Gasteiger partial charge >= 0.3 is 0 Å². The van der Waals surface area contributed by atoms with Crippen molar-refractivity contribution >= 4 is 17.5 Å². The molecule has 1 aromatic heterocycles. The van der Waals surface area contributed by atoms with Crippen molar-refractivity contribution in [3.05, 3.63) is 16.4 Å². The standard InChI is InChI=1S/C14H21ClN4O2/c1-10-11(15)12(18(2)17-10)13(20)19-7-8-21-14(9-19)3-5-16-6-4-14/h16H,3-9H2,1-2H3. The molecule has 0 saturated carbocycles. The summed E-state index contributed by atoms with van der Waals surface area (Å²) in [6.45, 7) is 5.51. The number of hydrogen-bond donors (Lipinski definition) is 1. The molecule has 7 heteroatoms. The second-order valence-corrected chi connectivity index (χ2v) is 6.26. The van der Waals surface area contributed by atoms with Crippen LogP contribution in [-0.4, -0.2) is 59.0 Å². The van der Waals surface area contributed by atoms with Crippen LogP contribution < -0.4 is 5.32 Å². The number of nitrogens with one attached hydrogen (secondary N) is 1. The van der Waals surface area contributed by atoms with Crippen LogP contribution in [0.2, 0.25) is 5.02 Å². The number of ether oxygens (including phenoxy) is 1. The third kappa shape index (κ3) is 2.67.